The minimum Gasteiger partial charge on any atom is -0.483 e. The Morgan fingerprint density at radius 2 is 1.54 bits per heavy atom. The van der Waals surface area contributed by atoms with Crippen molar-refractivity contribution in [3.63, 3.8) is 0 Å². The molecule has 5 aromatic carbocycles. The second kappa shape index (κ2) is 22.4. The summed E-state index contributed by atoms with van der Waals surface area (Å²) in [6, 6.07) is 43.5. The van der Waals surface area contributed by atoms with E-state index in [2.05, 4.69) is 84.9 Å². The van der Waals surface area contributed by atoms with E-state index in [4.69, 9.17) is 23.4 Å². The number of hydrogen-bond donors (Lipinski definition) is 2. The topological polar surface area (TPSA) is 142 Å². The monoisotopic (exact) mass is 958 g/mol. The Hall–Kier alpha value is -6.33. The lowest BCUT2D eigenvalue weighted by molar-refractivity contribution is -0.192. The van der Waals surface area contributed by atoms with Crippen LogP contribution in [0, 0.1) is 5.92 Å². The van der Waals surface area contributed by atoms with Gasteiger partial charge in [-0.15, -0.1) is 0 Å². The van der Waals surface area contributed by atoms with Crippen molar-refractivity contribution in [2.24, 2.45) is 5.92 Å². The first kappa shape index (κ1) is 49.6. The summed E-state index contributed by atoms with van der Waals surface area (Å²) in [4.78, 5) is 44.1. The average molecular weight is 959 g/mol. The van der Waals surface area contributed by atoms with Crippen LogP contribution in [0.15, 0.2) is 148 Å². The number of rotatable bonds is 13. The normalized spacial score (nSPS) is 22.9. The molecule has 10 nitrogen and oxygen atoms in total. The molecule has 7 unspecified atom stereocenters. The summed E-state index contributed by atoms with van der Waals surface area (Å²) in [6.07, 6.45) is 4.31. The molecule has 7 atom stereocenters. The third-order valence-electron chi connectivity index (χ3n) is 15.2. The number of esters is 2. The number of fused-ring (bicyclic) bond motifs is 11. The maximum Gasteiger partial charge on any atom is 0.339 e. The Kier molecular flexibility index (Phi) is 15.7. The fourth-order valence-electron chi connectivity index (χ4n) is 11.5. The molecule has 0 amide bonds. The van der Waals surface area contributed by atoms with Crippen LogP contribution < -0.4 is 10.4 Å². The molecule has 10 heteroatoms. The van der Waals surface area contributed by atoms with Crippen molar-refractivity contribution < 1.29 is 43.2 Å². The van der Waals surface area contributed by atoms with Crippen molar-refractivity contribution in [2.75, 3.05) is 20.0 Å². The van der Waals surface area contributed by atoms with Crippen LogP contribution in [0.25, 0.3) is 11.0 Å². The molecular weight excluding hydrogens is 893 g/mol. The molecule has 4 heterocycles. The maximum absolute atomic E-state index is 15.2. The number of hydrogen-bond acceptors (Lipinski definition) is 10. The largest absolute Gasteiger partial charge is 0.483 e. The lowest BCUT2D eigenvalue weighted by atomic mass is 9.68. The Morgan fingerprint density at radius 1 is 0.789 bits per heavy atom. The molecule has 6 aromatic rings. The summed E-state index contributed by atoms with van der Waals surface area (Å²) in [7, 11) is 0. The highest BCUT2D eigenvalue weighted by Gasteiger charge is 2.53. The van der Waals surface area contributed by atoms with Gasteiger partial charge in [0.25, 0.3) is 0 Å². The summed E-state index contributed by atoms with van der Waals surface area (Å²) >= 11 is 0. The number of ether oxygens (including phenoxy) is 4. The smallest absolute Gasteiger partial charge is 0.339 e. The molecule has 4 aliphatic rings. The quantitative estimate of drug-likeness (QED) is 0.0497. The third kappa shape index (κ3) is 11.4. The molecule has 0 saturated heterocycles. The molecule has 2 bridgehead atoms. The van der Waals surface area contributed by atoms with Gasteiger partial charge in [0.1, 0.15) is 23.7 Å². The highest BCUT2D eigenvalue weighted by atomic mass is 16.6. The van der Waals surface area contributed by atoms with Gasteiger partial charge in [0.15, 0.2) is 12.2 Å². The minimum absolute atomic E-state index is 0.0141. The van der Waals surface area contributed by atoms with Crippen LogP contribution in [0.4, 0.5) is 0 Å². The first-order chi connectivity index (χ1) is 34.5. The zero-order valence-corrected chi connectivity index (χ0v) is 41.1. The molecule has 1 aliphatic carbocycles. The van der Waals surface area contributed by atoms with E-state index in [-0.39, 0.29) is 55.0 Å². The van der Waals surface area contributed by atoms with Crippen molar-refractivity contribution in [2.45, 2.75) is 127 Å². The Bertz CT molecular complexity index is 2880. The molecule has 2 N–H and O–H groups in total. The van der Waals surface area contributed by atoms with Gasteiger partial charge in [-0.2, -0.15) is 0 Å². The van der Waals surface area contributed by atoms with Crippen LogP contribution in [0.5, 0.6) is 5.75 Å². The van der Waals surface area contributed by atoms with Gasteiger partial charge in [0, 0.05) is 35.5 Å². The highest BCUT2D eigenvalue weighted by Crippen LogP contribution is 2.51. The van der Waals surface area contributed by atoms with E-state index < -0.39 is 48.1 Å². The van der Waals surface area contributed by atoms with Crippen molar-refractivity contribution in [3.8, 4) is 5.75 Å². The van der Waals surface area contributed by atoms with Gasteiger partial charge in [0.2, 0.25) is 0 Å². The molecule has 3 aliphatic heterocycles. The molecule has 71 heavy (non-hydrogen) atoms. The van der Waals surface area contributed by atoms with Crippen molar-refractivity contribution in [3.05, 3.63) is 193 Å². The zero-order valence-electron chi connectivity index (χ0n) is 41.1. The molecular formula is C61H66O10. The summed E-state index contributed by atoms with van der Waals surface area (Å²) in [5, 5.41) is 19.9. The lowest BCUT2D eigenvalue weighted by Crippen LogP contribution is -2.54. The SMILES string of the molecule is CC(C)=C1CCc2ccc(cc2)C2CCC(c3cccc(Cc4ccccc4)c3)CC2CC(=O)OC2c3c(ccc4cc(C(CCO)COCO)c(=O)oc34)OC(C)(CCCc3ccccc3)C2OC1=O. The van der Waals surface area contributed by atoms with Gasteiger partial charge in [-0.25, -0.2) is 9.59 Å². The maximum atomic E-state index is 15.2. The summed E-state index contributed by atoms with van der Waals surface area (Å²) < 4.78 is 32.2. The molecule has 1 fully saturated rings. The van der Waals surface area contributed by atoms with Crippen molar-refractivity contribution in [1.29, 1.82) is 0 Å². The fourth-order valence-corrected chi connectivity index (χ4v) is 11.5. The van der Waals surface area contributed by atoms with E-state index in [1.165, 1.54) is 22.3 Å². The van der Waals surface area contributed by atoms with Gasteiger partial charge in [-0.05, 0) is 154 Å². The van der Waals surface area contributed by atoms with E-state index in [1.54, 1.807) is 18.2 Å². The van der Waals surface area contributed by atoms with Crippen LogP contribution in [0.2, 0.25) is 0 Å². The van der Waals surface area contributed by atoms with Gasteiger partial charge in [-0.1, -0.05) is 115 Å². The van der Waals surface area contributed by atoms with Crippen LogP contribution in [0.3, 0.4) is 0 Å². The number of allylic oxidation sites excluding steroid dienone is 1. The van der Waals surface area contributed by atoms with E-state index in [0.717, 1.165) is 48.8 Å². The second-order valence-corrected chi connectivity index (χ2v) is 20.3. The van der Waals surface area contributed by atoms with E-state index in [1.807, 2.05) is 45.0 Å². The van der Waals surface area contributed by atoms with E-state index in [0.29, 0.717) is 48.0 Å². The molecule has 0 radical (unpaired) electrons. The lowest BCUT2D eigenvalue weighted by Gasteiger charge is -2.45. The first-order valence-corrected chi connectivity index (χ1v) is 25.4. The van der Waals surface area contributed by atoms with E-state index >= 15 is 4.79 Å². The van der Waals surface area contributed by atoms with Crippen LogP contribution in [0.1, 0.15) is 141 Å². The number of carbonyl (C=O) groups excluding carboxylic acids is 2. The number of benzene rings is 5. The third-order valence-corrected chi connectivity index (χ3v) is 15.2. The van der Waals surface area contributed by atoms with Crippen LogP contribution in [-0.4, -0.2) is 53.9 Å². The molecule has 370 valence electrons. The Balaban J connectivity index is 1.13. The van der Waals surface area contributed by atoms with Crippen LogP contribution in [-0.2, 0) is 43.1 Å². The predicted molar refractivity (Wildman–Crippen MR) is 273 cm³/mol. The molecule has 10 rings (SSSR count). The summed E-state index contributed by atoms with van der Waals surface area (Å²) in [5.41, 5.74) is 7.43. The Labute approximate surface area is 416 Å². The second-order valence-electron chi connectivity index (χ2n) is 20.3. The van der Waals surface area contributed by atoms with Gasteiger partial charge >= 0.3 is 17.6 Å². The van der Waals surface area contributed by atoms with Crippen molar-refractivity contribution in [1.82, 2.24) is 0 Å². The number of aliphatic hydroxyl groups excluding tert-OH is 2. The Morgan fingerprint density at radius 3 is 2.27 bits per heavy atom. The standard InChI is InChI=1S/C61H66O10/c1-39(2)50-26-21-41-19-22-44(23-20-41)51-27-24-46(45-18-10-16-43(33-45)32-42-14-8-5-9-15-42)34-49(51)36-54(64)68-57-55-53(28-25-47-35-52(60(66)69-56(47)55)48(29-31-62)37-67-38-63)71-61(3,58(57)70-59(50)65)30-11-17-40-12-6-4-7-13-40/h4-10,12-16,18-20,22-23,25,28,33,35,46,48-49,51,57-58,62-63H,11,17,21,24,26-27,29-32,34,36-38H2,1-3H3. The van der Waals surface area contributed by atoms with Crippen molar-refractivity contribution >= 4 is 22.9 Å². The van der Waals surface area contributed by atoms with Gasteiger partial charge < -0.3 is 33.6 Å². The average Bonchev–Trinajstić information content (AvgIpc) is 3.36. The first-order valence-electron chi connectivity index (χ1n) is 25.4. The molecule has 0 spiro atoms. The van der Waals surface area contributed by atoms with E-state index in [9.17, 15) is 19.8 Å². The minimum atomic E-state index is -1.22. The van der Waals surface area contributed by atoms with Crippen LogP contribution >= 0.6 is 0 Å². The van der Waals surface area contributed by atoms with Gasteiger partial charge in [-0.3, -0.25) is 4.79 Å². The number of carbonyl (C=O) groups is 2. The van der Waals surface area contributed by atoms with Gasteiger partial charge in [0.05, 0.1) is 12.2 Å². The molecule has 1 aromatic heterocycles. The zero-order chi connectivity index (χ0) is 49.5. The highest BCUT2D eigenvalue weighted by molar-refractivity contribution is 5.90. The predicted octanol–water partition coefficient (Wildman–Crippen LogP) is 11.5. The fraction of sp³-hybridized carbons (Fsp3) is 0.393. The number of aryl methyl sites for hydroxylation is 2. The number of aliphatic hydroxyl groups is 2. The summed E-state index contributed by atoms with van der Waals surface area (Å²) in [5.74, 6) is -0.939. The summed E-state index contributed by atoms with van der Waals surface area (Å²) in [6.45, 7) is 4.96. The molecule has 1 saturated carbocycles.